The lowest BCUT2D eigenvalue weighted by atomic mass is 9.95. The highest BCUT2D eigenvalue weighted by Gasteiger charge is 2.29. The largest absolute Gasteiger partial charge is 0.509 e. The molecular formula is C8H15NO5. The number of carboxylic acid groups (broad SMARTS) is 1. The summed E-state index contributed by atoms with van der Waals surface area (Å²) in [5.74, 6) is -1.05. The molecule has 0 radical (unpaired) electrons. The summed E-state index contributed by atoms with van der Waals surface area (Å²) >= 11 is 0. The fourth-order valence-electron chi connectivity index (χ4n) is 0.487. The zero-order valence-electron chi connectivity index (χ0n) is 8.44. The summed E-state index contributed by atoms with van der Waals surface area (Å²) in [6.45, 7) is 4.08. The van der Waals surface area contributed by atoms with Crippen LogP contribution in [-0.4, -0.2) is 30.1 Å². The monoisotopic (exact) mass is 205 g/mol. The molecule has 0 amide bonds. The van der Waals surface area contributed by atoms with E-state index in [4.69, 9.17) is 10.8 Å². The molecule has 1 unspecified atom stereocenters. The predicted molar refractivity (Wildman–Crippen MR) is 47.5 cm³/mol. The van der Waals surface area contributed by atoms with Crippen molar-refractivity contribution in [3.63, 3.8) is 0 Å². The van der Waals surface area contributed by atoms with Gasteiger partial charge in [-0.1, -0.05) is 0 Å². The van der Waals surface area contributed by atoms with Gasteiger partial charge < -0.3 is 14.6 Å². The summed E-state index contributed by atoms with van der Waals surface area (Å²) < 4.78 is 9.01. The van der Waals surface area contributed by atoms with Crippen LogP contribution in [0.2, 0.25) is 0 Å². The van der Waals surface area contributed by atoms with E-state index in [0.29, 0.717) is 0 Å². The molecule has 0 aliphatic carbocycles. The number of rotatable bonds is 4. The quantitative estimate of drug-likeness (QED) is 0.513. The molecule has 0 aliphatic rings. The summed E-state index contributed by atoms with van der Waals surface area (Å²) in [5, 5.41) is 8.68. The Morgan fingerprint density at radius 3 is 2.36 bits per heavy atom. The molecule has 0 fully saturated rings. The van der Waals surface area contributed by atoms with E-state index in [1.54, 1.807) is 0 Å². The van der Waals surface area contributed by atoms with Crippen molar-refractivity contribution in [1.29, 1.82) is 0 Å². The van der Waals surface area contributed by atoms with Gasteiger partial charge in [0.1, 0.15) is 6.61 Å². The van der Waals surface area contributed by atoms with Gasteiger partial charge in [0.05, 0.1) is 5.41 Å². The number of nitrogens with two attached hydrogens (primary N) is 1. The molecule has 0 saturated heterocycles. The molecule has 0 heterocycles. The first kappa shape index (κ1) is 12.7. The average molecular weight is 205 g/mol. The van der Waals surface area contributed by atoms with Crippen molar-refractivity contribution in [3.05, 3.63) is 0 Å². The Kier molecular flexibility index (Phi) is 4.36. The maximum Gasteiger partial charge on any atom is 0.509 e. The molecule has 0 rings (SSSR count). The third-order valence-electron chi connectivity index (χ3n) is 1.41. The highest BCUT2D eigenvalue weighted by molar-refractivity contribution is 5.74. The lowest BCUT2D eigenvalue weighted by Gasteiger charge is -2.18. The van der Waals surface area contributed by atoms with Gasteiger partial charge in [-0.25, -0.2) is 4.79 Å². The van der Waals surface area contributed by atoms with Crippen LogP contribution in [0.15, 0.2) is 0 Å². The van der Waals surface area contributed by atoms with E-state index in [9.17, 15) is 9.59 Å². The fraction of sp³-hybridized carbons (Fsp3) is 0.750. The number of carboxylic acids is 1. The highest BCUT2D eigenvalue weighted by atomic mass is 16.7. The fourth-order valence-corrected chi connectivity index (χ4v) is 0.487. The Hall–Kier alpha value is -1.30. The molecule has 14 heavy (non-hydrogen) atoms. The second-order valence-corrected chi connectivity index (χ2v) is 3.55. The van der Waals surface area contributed by atoms with Gasteiger partial charge in [0.2, 0.25) is 0 Å². The van der Waals surface area contributed by atoms with Gasteiger partial charge in [0.15, 0.2) is 6.23 Å². The molecular weight excluding hydrogens is 190 g/mol. The standard InChI is InChI=1S/C8H15NO5/c1-5(9)14-7(12)13-4-8(2,3)6(10)11/h5H,4,9H2,1-3H3,(H,10,11). The summed E-state index contributed by atoms with van der Waals surface area (Å²) in [6.07, 6.45) is -1.73. The van der Waals surface area contributed by atoms with Crippen molar-refractivity contribution in [2.24, 2.45) is 11.1 Å². The third-order valence-corrected chi connectivity index (χ3v) is 1.41. The Bertz CT molecular complexity index is 224. The van der Waals surface area contributed by atoms with Crippen LogP contribution in [0.5, 0.6) is 0 Å². The van der Waals surface area contributed by atoms with E-state index < -0.39 is 23.8 Å². The first-order valence-corrected chi connectivity index (χ1v) is 4.08. The Labute approximate surface area is 82.0 Å². The van der Waals surface area contributed by atoms with Crippen molar-refractivity contribution in [1.82, 2.24) is 0 Å². The maximum absolute atomic E-state index is 10.8. The van der Waals surface area contributed by atoms with Crippen molar-refractivity contribution in [3.8, 4) is 0 Å². The summed E-state index contributed by atoms with van der Waals surface area (Å²) in [4.78, 5) is 21.4. The van der Waals surface area contributed by atoms with Gasteiger partial charge in [-0.2, -0.15) is 0 Å². The summed E-state index contributed by atoms with van der Waals surface area (Å²) in [7, 11) is 0. The van der Waals surface area contributed by atoms with E-state index >= 15 is 0 Å². The van der Waals surface area contributed by atoms with E-state index in [1.807, 2.05) is 0 Å². The maximum atomic E-state index is 10.8. The number of ether oxygens (including phenoxy) is 2. The molecule has 0 saturated carbocycles. The molecule has 0 aromatic heterocycles. The Morgan fingerprint density at radius 1 is 1.50 bits per heavy atom. The molecule has 0 aliphatic heterocycles. The van der Waals surface area contributed by atoms with Gasteiger partial charge in [-0.3, -0.25) is 10.5 Å². The van der Waals surface area contributed by atoms with Crippen LogP contribution in [0.4, 0.5) is 4.79 Å². The minimum absolute atomic E-state index is 0.256. The van der Waals surface area contributed by atoms with Crippen molar-refractivity contribution < 1.29 is 24.2 Å². The molecule has 1 atom stereocenters. The SMILES string of the molecule is CC(N)OC(=O)OCC(C)(C)C(=O)O. The van der Waals surface area contributed by atoms with E-state index in [1.165, 1.54) is 20.8 Å². The van der Waals surface area contributed by atoms with Crippen LogP contribution in [0.1, 0.15) is 20.8 Å². The van der Waals surface area contributed by atoms with Crippen LogP contribution in [-0.2, 0) is 14.3 Å². The van der Waals surface area contributed by atoms with Crippen molar-refractivity contribution in [2.45, 2.75) is 27.0 Å². The van der Waals surface area contributed by atoms with Crippen LogP contribution in [0.25, 0.3) is 0 Å². The molecule has 0 spiro atoms. The second-order valence-electron chi connectivity index (χ2n) is 3.55. The number of hydrogen-bond acceptors (Lipinski definition) is 5. The molecule has 0 aromatic carbocycles. The van der Waals surface area contributed by atoms with Gasteiger partial charge in [-0.15, -0.1) is 0 Å². The highest BCUT2D eigenvalue weighted by Crippen LogP contribution is 2.15. The van der Waals surface area contributed by atoms with E-state index in [2.05, 4.69) is 9.47 Å². The Morgan fingerprint density at radius 2 is 2.00 bits per heavy atom. The van der Waals surface area contributed by atoms with Gasteiger partial charge in [0.25, 0.3) is 0 Å². The number of carbonyl (C=O) groups is 2. The van der Waals surface area contributed by atoms with Crippen molar-refractivity contribution >= 4 is 12.1 Å². The van der Waals surface area contributed by atoms with Crippen LogP contribution < -0.4 is 5.73 Å². The van der Waals surface area contributed by atoms with E-state index in [-0.39, 0.29) is 6.61 Å². The van der Waals surface area contributed by atoms with Crippen molar-refractivity contribution in [2.75, 3.05) is 6.61 Å². The van der Waals surface area contributed by atoms with Gasteiger partial charge in [0, 0.05) is 0 Å². The number of hydrogen-bond donors (Lipinski definition) is 2. The molecule has 6 nitrogen and oxygen atoms in total. The van der Waals surface area contributed by atoms with Crippen LogP contribution in [0, 0.1) is 5.41 Å². The first-order valence-electron chi connectivity index (χ1n) is 4.08. The second kappa shape index (κ2) is 4.80. The minimum Gasteiger partial charge on any atom is -0.481 e. The molecule has 0 bridgehead atoms. The van der Waals surface area contributed by atoms with Gasteiger partial charge in [-0.05, 0) is 20.8 Å². The number of aliphatic carboxylic acids is 1. The molecule has 0 aromatic rings. The molecule has 6 heteroatoms. The van der Waals surface area contributed by atoms with E-state index in [0.717, 1.165) is 0 Å². The number of carbonyl (C=O) groups excluding carboxylic acids is 1. The van der Waals surface area contributed by atoms with Gasteiger partial charge >= 0.3 is 12.1 Å². The summed E-state index contributed by atoms with van der Waals surface area (Å²) in [5.41, 5.74) is 4.02. The lowest BCUT2D eigenvalue weighted by Crippen LogP contribution is -2.32. The zero-order chi connectivity index (χ0) is 11.4. The average Bonchev–Trinajstić information content (AvgIpc) is 1.99. The predicted octanol–water partition coefficient (Wildman–Crippen LogP) is 0.555. The topological polar surface area (TPSA) is 98.9 Å². The van der Waals surface area contributed by atoms with Crippen LogP contribution in [0.3, 0.4) is 0 Å². The smallest absolute Gasteiger partial charge is 0.481 e. The lowest BCUT2D eigenvalue weighted by molar-refractivity contribution is -0.149. The minimum atomic E-state index is -1.13. The normalized spacial score (nSPS) is 13.1. The molecule has 82 valence electrons. The third kappa shape index (κ3) is 4.66. The zero-order valence-corrected chi connectivity index (χ0v) is 8.44. The Balaban J connectivity index is 3.94. The molecule has 3 N–H and O–H groups in total. The first-order chi connectivity index (χ1) is 6.25. The van der Waals surface area contributed by atoms with Crippen LogP contribution >= 0.6 is 0 Å². The summed E-state index contributed by atoms with van der Waals surface area (Å²) in [6, 6.07) is 0.